The molecule has 0 unspecified atom stereocenters. The van der Waals surface area contributed by atoms with Gasteiger partial charge in [0.1, 0.15) is 5.75 Å². The van der Waals surface area contributed by atoms with Gasteiger partial charge in [0.05, 0.1) is 13.2 Å². The molecule has 0 spiro atoms. The van der Waals surface area contributed by atoms with E-state index in [9.17, 15) is 48.3 Å². The Kier molecular flexibility index (Phi) is 12.1. The van der Waals surface area contributed by atoms with E-state index in [4.69, 9.17) is 9.47 Å². The van der Waals surface area contributed by atoms with Crippen LogP contribution in [-0.2, 0) is 0 Å². The third kappa shape index (κ3) is 8.64. The molecule has 0 amide bonds. The molecule has 2 aromatic carbocycles. The highest BCUT2D eigenvalue weighted by atomic mass is 19.4. The van der Waals surface area contributed by atoms with Gasteiger partial charge in [-0.3, -0.25) is 0 Å². The molecule has 2 nitrogen and oxygen atoms in total. The Bertz CT molecular complexity index is 1080. The standard InChI is InChI=1S/C28H31F11O2/c1-2-3-4-5-6-8-17-40-20-12-10-19(11-13-20)21-14-15-22(24(30)23(21)29)41-18-9-7-16-25(31,32)26(33,34)27(35,36)28(37,38)39/h10-15H,2-9,16-18H2,1H3. The fourth-order valence-corrected chi connectivity index (χ4v) is 3.87. The molecule has 2 aromatic rings. The van der Waals surface area contributed by atoms with E-state index in [0.717, 1.165) is 31.7 Å². The maximum absolute atomic E-state index is 14.7. The van der Waals surface area contributed by atoms with Crippen LogP contribution in [0.3, 0.4) is 0 Å². The Morgan fingerprint density at radius 3 is 1.76 bits per heavy atom. The van der Waals surface area contributed by atoms with Gasteiger partial charge in [-0.05, 0) is 49.1 Å². The van der Waals surface area contributed by atoms with Crippen LogP contribution < -0.4 is 9.47 Å². The van der Waals surface area contributed by atoms with Crippen molar-refractivity contribution in [3.05, 3.63) is 48.0 Å². The van der Waals surface area contributed by atoms with Gasteiger partial charge in [-0.1, -0.05) is 51.2 Å². The average Bonchev–Trinajstić information content (AvgIpc) is 2.90. The van der Waals surface area contributed by atoms with Crippen LogP contribution in [0.25, 0.3) is 11.1 Å². The lowest BCUT2D eigenvalue weighted by molar-refractivity contribution is -0.396. The highest BCUT2D eigenvalue weighted by Crippen LogP contribution is 2.54. The van der Waals surface area contributed by atoms with E-state index in [1.165, 1.54) is 31.0 Å². The molecule has 0 aliphatic carbocycles. The van der Waals surface area contributed by atoms with Gasteiger partial charge >= 0.3 is 23.9 Å². The summed E-state index contributed by atoms with van der Waals surface area (Å²) >= 11 is 0. The highest BCUT2D eigenvalue weighted by Gasteiger charge is 2.81. The molecule has 232 valence electrons. The molecule has 0 aromatic heterocycles. The summed E-state index contributed by atoms with van der Waals surface area (Å²) in [5, 5.41) is 0. The molecule has 0 saturated carbocycles. The van der Waals surface area contributed by atoms with Crippen LogP contribution in [0, 0.1) is 11.6 Å². The Morgan fingerprint density at radius 2 is 1.15 bits per heavy atom. The van der Waals surface area contributed by atoms with Gasteiger partial charge in [0.15, 0.2) is 11.6 Å². The Balaban J connectivity index is 1.88. The van der Waals surface area contributed by atoms with Crippen molar-refractivity contribution in [3.8, 4) is 22.6 Å². The zero-order valence-corrected chi connectivity index (χ0v) is 22.2. The minimum Gasteiger partial charge on any atom is -0.494 e. The second-order valence-electron chi connectivity index (χ2n) is 9.54. The number of hydrogen-bond acceptors (Lipinski definition) is 2. The number of benzene rings is 2. The SMILES string of the molecule is CCCCCCCCOc1ccc(-c2ccc(OCCCCC(F)(F)C(F)(F)C(F)(F)C(F)(F)F)c(F)c2F)cc1. The lowest BCUT2D eigenvalue weighted by Gasteiger charge is -2.33. The second-order valence-corrected chi connectivity index (χ2v) is 9.54. The molecule has 0 heterocycles. The number of halogens is 11. The molecular weight excluding hydrogens is 577 g/mol. The van der Waals surface area contributed by atoms with Crippen LogP contribution in [0.5, 0.6) is 11.5 Å². The molecule has 2 rings (SSSR count). The molecule has 13 heteroatoms. The zero-order chi connectivity index (χ0) is 30.9. The lowest BCUT2D eigenvalue weighted by atomic mass is 9.99. The van der Waals surface area contributed by atoms with Crippen molar-refractivity contribution in [2.45, 2.75) is 88.7 Å². The fraction of sp³-hybridized carbons (Fsp3) is 0.571. The van der Waals surface area contributed by atoms with E-state index in [1.54, 1.807) is 12.1 Å². The lowest BCUT2D eigenvalue weighted by Crippen LogP contribution is -2.60. The minimum atomic E-state index is -6.96. The molecule has 41 heavy (non-hydrogen) atoms. The summed E-state index contributed by atoms with van der Waals surface area (Å²) in [6.45, 7) is 2.02. The fourth-order valence-electron chi connectivity index (χ4n) is 3.87. The van der Waals surface area contributed by atoms with Crippen LogP contribution in [0.4, 0.5) is 48.3 Å². The first-order valence-electron chi connectivity index (χ1n) is 13.1. The Hall–Kier alpha value is -2.73. The van der Waals surface area contributed by atoms with Crippen molar-refractivity contribution < 1.29 is 57.8 Å². The van der Waals surface area contributed by atoms with Gasteiger partial charge in [0.25, 0.3) is 0 Å². The second kappa shape index (κ2) is 14.4. The van der Waals surface area contributed by atoms with Gasteiger partial charge in [0.2, 0.25) is 5.82 Å². The number of unbranched alkanes of at least 4 members (excludes halogenated alkanes) is 6. The maximum atomic E-state index is 14.7. The molecule has 0 N–H and O–H groups in total. The van der Waals surface area contributed by atoms with Gasteiger partial charge in [-0.2, -0.15) is 43.9 Å². The van der Waals surface area contributed by atoms with E-state index in [1.807, 2.05) is 0 Å². The van der Waals surface area contributed by atoms with Gasteiger partial charge in [-0.25, -0.2) is 4.39 Å². The summed E-state index contributed by atoms with van der Waals surface area (Å²) in [6, 6.07) is 8.47. The maximum Gasteiger partial charge on any atom is 0.460 e. The van der Waals surface area contributed by atoms with Crippen molar-refractivity contribution in [2.75, 3.05) is 13.2 Å². The van der Waals surface area contributed by atoms with Crippen molar-refractivity contribution >= 4 is 0 Å². The summed E-state index contributed by atoms with van der Waals surface area (Å²) in [6.07, 6.45) is -3.85. The molecule has 0 aliphatic rings. The molecule has 0 saturated heterocycles. The number of ether oxygens (including phenoxy) is 2. The molecule has 0 bridgehead atoms. The van der Waals surface area contributed by atoms with Crippen molar-refractivity contribution in [2.24, 2.45) is 0 Å². The van der Waals surface area contributed by atoms with E-state index >= 15 is 0 Å². The van der Waals surface area contributed by atoms with Gasteiger partial charge in [0, 0.05) is 12.0 Å². The number of rotatable bonds is 17. The van der Waals surface area contributed by atoms with E-state index in [2.05, 4.69) is 6.92 Å². The smallest absolute Gasteiger partial charge is 0.460 e. The zero-order valence-electron chi connectivity index (χ0n) is 22.2. The predicted octanol–water partition coefficient (Wildman–Crippen LogP) is 10.4. The third-order valence-corrected chi connectivity index (χ3v) is 6.33. The quantitative estimate of drug-likeness (QED) is 0.131. The Morgan fingerprint density at radius 1 is 0.585 bits per heavy atom. The first-order chi connectivity index (χ1) is 19.1. The van der Waals surface area contributed by atoms with Crippen LogP contribution >= 0.6 is 0 Å². The molecule has 0 aliphatic heterocycles. The topological polar surface area (TPSA) is 18.5 Å². The summed E-state index contributed by atoms with van der Waals surface area (Å²) in [5.74, 6) is -22.1. The predicted molar refractivity (Wildman–Crippen MR) is 131 cm³/mol. The number of alkyl halides is 9. The van der Waals surface area contributed by atoms with Gasteiger partial charge < -0.3 is 9.47 Å². The summed E-state index contributed by atoms with van der Waals surface area (Å²) in [5.41, 5.74) is 0.198. The summed E-state index contributed by atoms with van der Waals surface area (Å²) < 4.78 is 156. The molecule has 0 radical (unpaired) electrons. The highest BCUT2D eigenvalue weighted by molar-refractivity contribution is 5.66. The van der Waals surface area contributed by atoms with E-state index < -0.39 is 67.2 Å². The van der Waals surface area contributed by atoms with Crippen molar-refractivity contribution in [1.82, 2.24) is 0 Å². The van der Waals surface area contributed by atoms with Crippen molar-refractivity contribution in [1.29, 1.82) is 0 Å². The van der Waals surface area contributed by atoms with E-state index in [0.29, 0.717) is 17.9 Å². The molecule has 0 atom stereocenters. The van der Waals surface area contributed by atoms with Gasteiger partial charge in [-0.15, -0.1) is 0 Å². The summed E-state index contributed by atoms with van der Waals surface area (Å²) in [7, 11) is 0. The summed E-state index contributed by atoms with van der Waals surface area (Å²) in [4.78, 5) is 0. The Labute approximate surface area is 230 Å². The van der Waals surface area contributed by atoms with Crippen LogP contribution in [0.15, 0.2) is 36.4 Å². The minimum absolute atomic E-state index is 0.121. The van der Waals surface area contributed by atoms with E-state index in [-0.39, 0.29) is 5.56 Å². The van der Waals surface area contributed by atoms with Crippen LogP contribution in [-0.4, -0.2) is 37.2 Å². The first-order valence-corrected chi connectivity index (χ1v) is 13.1. The largest absolute Gasteiger partial charge is 0.494 e. The van der Waals surface area contributed by atoms with Crippen LogP contribution in [0.2, 0.25) is 0 Å². The monoisotopic (exact) mass is 608 g/mol. The average molecular weight is 609 g/mol. The normalized spacial score (nSPS) is 13.0. The third-order valence-electron chi connectivity index (χ3n) is 6.33. The van der Waals surface area contributed by atoms with Crippen molar-refractivity contribution in [3.63, 3.8) is 0 Å². The first kappa shape index (κ1) is 34.5. The molecule has 0 fully saturated rings. The van der Waals surface area contributed by atoms with Crippen LogP contribution in [0.1, 0.15) is 64.7 Å². The number of hydrogen-bond donors (Lipinski definition) is 0. The molecular formula is C28H31F11O2.